The van der Waals surface area contributed by atoms with Gasteiger partial charge in [-0.3, -0.25) is 19.7 Å². The monoisotopic (exact) mass is 591 g/mol. The number of rotatable bonds is 10. The van der Waals surface area contributed by atoms with Crippen molar-refractivity contribution in [2.24, 2.45) is 0 Å². The fraction of sp³-hybridized carbons (Fsp3) is 0.118. The van der Waals surface area contributed by atoms with E-state index < -0.39 is 17.8 Å². The van der Waals surface area contributed by atoms with Gasteiger partial charge in [0.25, 0.3) is 17.7 Å². The Morgan fingerprint density at radius 2 is 1.59 bits per heavy atom. The quantitative estimate of drug-likeness (QED) is 0.190. The molecule has 0 bridgehead atoms. The number of carbonyl (C=O) groups is 4. The van der Waals surface area contributed by atoms with E-state index in [1.54, 1.807) is 48.5 Å². The first-order valence-electron chi connectivity index (χ1n) is 13.7. The molecular weight excluding hydrogens is 562 g/mol. The van der Waals surface area contributed by atoms with E-state index in [1.807, 2.05) is 55.5 Å². The zero-order valence-corrected chi connectivity index (χ0v) is 24.0. The fourth-order valence-corrected chi connectivity index (χ4v) is 4.43. The molecule has 44 heavy (non-hydrogen) atoms. The standard InChI is InChI=1S/C34H29N3O7/c1-22-8-6-7-11-28(22)35-31(38)21-44-29-17-12-24(19-30(29)42-2)18-27-32(39)36-34(41)37(33(27)40)25-13-15-26(16-14-25)43-20-23-9-4-3-5-10-23/h3-19H,20-21H2,1-2H3,(H,35,38)(H,36,39,41)/b27-18-. The van der Waals surface area contributed by atoms with Gasteiger partial charge in [0, 0.05) is 5.69 Å². The molecule has 0 unspecified atom stereocenters. The number of methoxy groups -OCH3 is 1. The van der Waals surface area contributed by atoms with Gasteiger partial charge in [0.1, 0.15) is 17.9 Å². The lowest BCUT2D eigenvalue weighted by atomic mass is 10.1. The second kappa shape index (κ2) is 13.4. The van der Waals surface area contributed by atoms with E-state index in [2.05, 4.69) is 10.6 Å². The predicted molar refractivity (Wildman–Crippen MR) is 165 cm³/mol. The van der Waals surface area contributed by atoms with Crippen molar-refractivity contribution in [3.05, 3.63) is 119 Å². The SMILES string of the molecule is COc1cc(/C=C2/C(=O)NC(=O)N(c3ccc(OCc4ccccc4)cc3)C2=O)ccc1OCC(=O)Nc1ccccc1C. The molecule has 2 N–H and O–H groups in total. The number of anilines is 2. The van der Waals surface area contributed by atoms with Gasteiger partial charge in [0.15, 0.2) is 18.1 Å². The van der Waals surface area contributed by atoms with Crippen LogP contribution < -0.4 is 29.7 Å². The third-order valence-corrected chi connectivity index (χ3v) is 6.72. The molecule has 0 saturated carbocycles. The highest BCUT2D eigenvalue weighted by Gasteiger charge is 2.36. The van der Waals surface area contributed by atoms with Crippen molar-refractivity contribution >= 4 is 41.2 Å². The van der Waals surface area contributed by atoms with E-state index in [-0.39, 0.29) is 29.5 Å². The number of barbiturate groups is 1. The van der Waals surface area contributed by atoms with Gasteiger partial charge in [-0.05, 0) is 72.2 Å². The molecule has 222 valence electrons. The molecule has 0 aromatic heterocycles. The van der Waals surface area contributed by atoms with Crippen LogP contribution in [0.15, 0.2) is 103 Å². The van der Waals surface area contributed by atoms with Gasteiger partial charge in [-0.2, -0.15) is 0 Å². The number of hydrogen-bond acceptors (Lipinski definition) is 7. The molecule has 10 nitrogen and oxygen atoms in total. The van der Waals surface area contributed by atoms with Crippen LogP contribution in [0.5, 0.6) is 17.2 Å². The lowest BCUT2D eigenvalue weighted by Crippen LogP contribution is -2.54. The summed E-state index contributed by atoms with van der Waals surface area (Å²) in [4.78, 5) is 52.0. The summed E-state index contributed by atoms with van der Waals surface area (Å²) < 4.78 is 16.9. The molecule has 5 rings (SSSR count). The first-order chi connectivity index (χ1) is 21.3. The summed E-state index contributed by atoms with van der Waals surface area (Å²) in [7, 11) is 1.43. The van der Waals surface area contributed by atoms with Crippen LogP contribution in [0.1, 0.15) is 16.7 Å². The first-order valence-corrected chi connectivity index (χ1v) is 13.7. The molecule has 4 aromatic carbocycles. The Morgan fingerprint density at radius 3 is 2.32 bits per heavy atom. The van der Waals surface area contributed by atoms with Crippen molar-refractivity contribution in [3.8, 4) is 17.2 Å². The summed E-state index contributed by atoms with van der Waals surface area (Å²) >= 11 is 0. The number of imide groups is 2. The molecule has 0 radical (unpaired) electrons. The number of nitrogens with zero attached hydrogens (tertiary/aromatic N) is 1. The Kier molecular flexibility index (Phi) is 9.00. The summed E-state index contributed by atoms with van der Waals surface area (Å²) in [5.41, 5.74) is 3.06. The van der Waals surface area contributed by atoms with Crippen molar-refractivity contribution in [2.75, 3.05) is 23.9 Å². The topological polar surface area (TPSA) is 123 Å². The van der Waals surface area contributed by atoms with Crippen LogP contribution in [0.4, 0.5) is 16.2 Å². The number of benzene rings is 4. The molecule has 5 amide bonds. The Labute approximate surface area is 253 Å². The van der Waals surface area contributed by atoms with E-state index in [1.165, 1.54) is 13.2 Å². The molecule has 10 heteroatoms. The highest BCUT2D eigenvalue weighted by atomic mass is 16.5. The Balaban J connectivity index is 1.27. The summed E-state index contributed by atoms with van der Waals surface area (Å²) in [6.45, 7) is 1.98. The molecule has 1 heterocycles. The number of urea groups is 1. The third kappa shape index (κ3) is 6.93. The lowest BCUT2D eigenvalue weighted by molar-refractivity contribution is -0.122. The minimum atomic E-state index is -0.861. The molecule has 0 spiro atoms. The number of carbonyl (C=O) groups excluding carboxylic acids is 4. The highest BCUT2D eigenvalue weighted by molar-refractivity contribution is 6.39. The molecule has 1 fully saturated rings. The second-order valence-corrected chi connectivity index (χ2v) is 9.79. The first kappa shape index (κ1) is 29.6. The Hall–Kier alpha value is -5.90. The van der Waals surface area contributed by atoms with E-state index in [9.17, 15) is 19.2 Å². The average molecular weight is 592 g/mol. The molecule has 0 atom stereocenters. The van der Waals surface area contributed by atoms with Crippen LogP contribution in [0.3, 0.4) is 0 Å². The molecule has 4 aromatic rings. The van der Waals surface area contributed by atoms with Crippen molar-refractivity contribution in [2.45, 2.75) is 13.5 Å². The van der Waals surface area contributed by atoms with Gasteiger partial charge in [-0.1, -0.05) is 54.6 Å². The number of aryl methyl sites for hydroxylation is 1. The molecule has 1 saturated heterocycles. The Bertz CT molecular complexity index is 1730. The zero-order valence-electron chi connectivity index (χ0n) is 24.0. The van der Waals surface area contributed by atoms with E-state index in [0.29, 0.717) is 29.4 Å². The number of ether oxygens (including phenoxy) is 3. The van der Waals surface area contributed by atoms with Crippen molar-refractivity contribution < 1.29 is 33.4 Å². The predicted octanol–water partition coefficient (Wildman–Crippen LogP) is 5.27. The second-order valence-electron chi connectivity index (χ2n) is 9.79. The molecule has 1 aliphatic heterocycles. The summed E-state index contributed by atoms with van der Waals surface area (Å²) in [5.74, 6) is -0.838. The molecule has 1 aliphatic rings. The van der Waals surface area contributed by atoms with Crippen LogP contribution in [-0.2, 0) is 21.0 Å². The minimum Gasteiger partial charge on any atom is -0.493 e. The third-order valence-electron chi connectivity index (χ3n) is 6.72. The summed E-state index contributed by atoms with van der Waals surface area (Å²) in [5, 5.41) is 5.01. The summed E-state index contributed by atoms with van der Waals surface area (Å²) in [6.07, 6.45) is 1.35. The van der Waals surface area contributed by atoms with Crippen LogP contribution in [0.2, 0.25) is 0 Å². The highest BCUT2D eigenvalue weighted by Crippen LogP contribution is 2.30. The van der Waals surface area contributed by atoms with Crippen molar-refractivity contribution in [3.63, 3.8) is 0 Å². The number of hydrogen-bond donors (Lipinski definition) is 2. The van der Waals surface area contributed by atoms with E-state index >= 15 is 0 Å². The van der Waals surface area contributed by atoms with Gasteiger partial charge < -0.3 is 19.5 Å². The number of nitrogens with one attached hydrogen (secondary N) is 2. The van der Waals surface area contributed by atoms with Gasteiger partial charge in [0.05, 0.1) is 12.8 Å². The molecule has 0 aliphatic carbocycles. The van der Waals surface area contributed by atoms with Gasteiger partial charge in [-0.15, -0.1) is 0 Å². The number of para-hydroxylation sites is 1. The van der Waals surface area contributed by atoms with Crippen LogP contribution in [0, 0.1) is 6.92 Å². The maximum atomic E-state index is 13.4. The Morgan fingerprint density at radius 1 is 0.864 bits per heavy atom. The largest absolute Gasteiger partial charge is 0.493 e. The number of amides is 5. The normalized spacial score (nSPS) is 13.8. The van der Waals surface area contributed by atoms with Crippen molar-refractivity contribution in [1.29, 1.82) is 0 Å². The van der Waals surface area contributed by atoms with Crippen molar-refractivity contribution in [1.82, 2.24) is 5.32 Å². The van der Waals surface area contributed by atoms with Crippen LogP contribution in [0.25, 0.3) is 6.08 Å². The summed E-state index contributed by atoms with van der Waals surface area (Å²) in [6, 6.07) is 27.3. The minimum absolute atomic E-state index is 0.248. The zero-order chi connectivity index (χ0) is 31.1. The maximum absolute atomic E-state index is 13.4. The van der Waals surface area contributed by atoms with Gasteiger partial charge >= 0.3 is 6.03 Å². The average Bonchev–Trinajstić information content (AvgIpc) is 3.03. The molecular formula is C34H29N3O7. The fourth-order valence-electron chi connectivity index (χ4n) is 4.43. The van der Waals surface area contributed by atoms with Gasteiger partial charge in [-0.25, -0.2) is 9.69 Å². The maximum Gasteiger partial charge on any atom is 0.335 e. The van der Waals surface area contributed by atoms with Gasteiger partial charge in [0.2, 0.25) is 0 Å². The lowest BCUT2D eigenvalue weighted by Gasteiger charge is -2.26. The van der Waals surface area contributed by atoms with Crippen LogP contribution >= 0.6 is 0 Å². The van der Waals surface area contributed by atoms with Crippen LogP contribution in [-0.4, -0.2) is 37.5 Å². The van der Waals surface area contributed by atoms with E-state index in [4.69, 9.17) is 14.2 Å². The smallest absolute Gasteiger partial charge is 0.335 e. The van der Waals surface area contributed by atoms with E-state index in [0.717, 1.165) is 16.0 Å².